The molecule has 0 radical (unpaired) electrons. The minimum absolute atomic E-state index is 0.0578. The number of hydrogen-bond donors (Lipinski definition) is 2. The maximum absolute atomic E-state index is 12.4. The van der Waals surface area contributed by atoms with Crippen LogP contribution >= 0.6 is 0 Å². The van der Waals surface area contributed by atoms with E-state index in [1.165, 1.54) is 12.2 Å². The van der Waals surface area contributed by atoms with Gasteiger partial charge >= 0.3 is 6.73 Å². The third-order valence-electron chi connectivity index (χ3n) is 3.74. The van der Waals surface area contributed by atoms with Crippen LogP contribution in [-0.2, 0) is 0 Å². The summed E-state index contributed by atoms with van der Waals surface area (Å²) >= 11 is 0. The summed E-state index contributed by atoms with van der Waals surface area (Å²) in [6, 6.07) is 13.5. The van der Waals surface area contributed by atoms with E-state index in [2.05, 4.69) is 9.83 Å². The number of pyridine rings is 1. The molecule has 3 aromatic rings. The van der Waals surface area contributed by atoms with Gasteiger partial charge in [-0.25, -0.2) is 6.57 Å². The number of fused-ring (bicyclic) bond motifs is 1. The molecule has 6 nitrogen and oxygen atoms in total. The highest BCUT2D eigenvalue weighted by atomic mass is 16.5. The lowest BCUT2D eigenvalue weighted by atomic mass is 10.1. The van der Waals surface area contributed by atoms with E-state index >= 15 is 0 Å². The molecule has 0 saturated carbocycles. The number of allylic oxidation sites excluding steroid dienone is 1. The van der Waals surface area contributed by atoms with Crippen LogP contribution in [0.1, 0.15) is 15.9 Å². The summed E-state index contributed by atoms with van der Waals surface area (Å²) in [5, 5.41) is 10.7. The molecule has 0 aliphatic carbocycles. The van der Waals surface area contributed by atoms with Crippen LogP contribution in [0.15, 0.2) is 59.4 Å². The topological polar surface area (TPSA) is 83.8 Å². The number of aromatic nitrogens is 1. The quantitative estimate of drug-likeness (QED) is 0.421. The number of hydrogen-bond acceptors (Lipinski definition) is 4. The van der Waals surface area contributed by atoms with Gasteiger partial charge in [-0.15, -0.1) is 0 Å². The molecule has 26 heavy (non-hydrogen) atoms. The van der Waals surface area contributed by atoms with Crippen molar-refractivity contribution in [1.29, 1.82) is 0 Å². The number of nitrogens with zero attached hydrogens (tertiary/aromatic N) is 1. The molecular weight excluding hydrogens is 332 g/mol. The molecule has 0 unspecified atom stereocenters. The maximum Gasteiger partial charge on any atom is 0.357 e. The van der Waals surface area contributed by atoms with Crippen LogP contribution < -0.4 is 10.3 Å². The molecule has 2 N–H and O–H groups in total. The molecule has 1 aromatic heterocycles. The summed E-state index contributed by atoms with van der Waals surface area (Å²) in [6.45, 7) is 6.62. The highest BCUT2D eigenvalue weighted by Crippen LogP contribution is 2.25. The van der Waals surface area contributed by atoms with Crippen molar-refractivity contribution < 1.29 is 14.6 Å². The van der Waals surface area contributed by atoms with E-state index < -0.39 is 11.3 Å². The standard InChI is InChI=1S/C20H14N2O4/c1-21-12-26-14-9-6-13(7-10-14)8-11-17(23)18-19(24)15-4-2-3-5-16(15)22-20(18)25/h2-11H,12H2,(H2,22,24,25). The minimum Gasteiger partial charge on any atom is -0.506 e. The third-order valence-corrected chi connectivity index (χ3v) is 3.74. The van der Waals surface area contributed by atoms with Gasteiger partial charge < -0.3 is 14.8 Å². The predicted octanol–water partition coefficient (Wildman–Crippen LogP) is 3.39. The smallest absolute Gasteiger partial charge is 0.357 e. The van der Waals surface area contributed by atoms with Crippen molar-refractivity contribution in [3.63, 3.8) is 0 Å². The molecule has 6 heteroatoms. The Kier molecular flexibility index (Phi) is 4.81. The van der Waals surface area contributed by atoms with Gasteiger partial charge in [0.25, 0.3) is 5.56 Å². The summed E-state index contributed by atoms with van der Waals surface area (Å²) in [6.07, 6.45) is 2.77. The van der Waals surface area contributed by atoms with Crippen molar-refractivity contribution in [1.82, 2.24) is 4.98 Å². The number of carbonyl (C=O) groups excluding carboxylic acids is 1. The van der Waals surface area contributed by atoms with Crippen LogP contribution in [0.2, 0.25) is 0 Å². The molecule has 0 saturated heterocycles. The number of H-pyrrole nitrogens is 1. The van der Waals surface area contributed by atoms with Crippen molar-refractivity contribution >= 4 is 22.8 Å². The van der Waals surface area contributed by atoms with Gasteiger partial charge in [0.2, 0.25) is 0 Å². The van der Waals surface area contributed by atoms with E-state index in [1.807, 2.05) is 0 Å². The van der Waals surface area contributed by atoms with Crippen LogP contribution in [0.5, 0.6) is 11.5 Å². The van der Waals surface area contributed by atoms with Crippen LogP contribution in [0.3, 0.4) is 0 Å². The fourth-order valence-electron chi connectivity index (χ4n) is 2.49. The largest absolute Gasteiger partial charge is 0.506 e. The fourth-order valence-corrected chi connectivity index (χ4v) is 2.49. The Balaban J connectivity index is 1.86. The summed E-state index contributed by atoms with van der Waals surface area (Å²) in [7, 11) is 0. The minimum atomic E-state index is -0.640. The zero-order valence-corrected chi connectivity index (χ0v) is 13.6. The second kappa shape index (κ2) is 7.36. The predicted molar refractivity (Wildman–Crippen MR) is 98.1 cm³/mol. The van der Waals surface area contributed by atoms with Gasteiger partial charge in [0.1, 0.15) is 17.1 Å². The zero-order valence-electron chi connectivity index (χ0n) is 13.6. The molecular formula is C20H14N2O4. The van der Waals surface area contributed by atoms with Gasteiger partial charge in [-0.2, -0.15) is 0 Å². The highest BCUT2D eigenvalue weighted by Gasteiger charge is 2.16. The number of nitrogens with one attached hydrogen (secondary N) is 1. The molecule has 0 aliphatic rings. The Morgan fingerprint density at radius 1 is 1.19 bits per heavy atom. The molecule has 128 valence electrons. The average molecular weight is 346 g/mol. The van der Waals surface area contributed by atoms with Crippen molar-refractivity contribution in [2.75, 3.05) is 6.73 Å². The molecule has 1 heterocycles. The van der Waals surface area contributed by atoms with Crippen molar-refractivity contribution in [3.8, 4) is 11.5 Å². The number of aromatic amines is 1. The Labute approximate surface area is 148 Å². The van der Waals surface area contributed by atoms with E-state index in [9.17, 15) is 14.7 Å². The first-order chi connectivity index (χ1) is 12.6. The van der Waals surface area contributed by atoms with Crippen LogP contribution in [0.4, 0.5) is 0 Å². The Morgan fingerprint density at radius 3 is 2.65 bits per heavy atom. The van der Waals surface area contributed by atoms with Gasteiger partial charge in [0.15, 0.2) is 5.78 Å². The van der Waals surface area contributed by atoms with Crippen molar-refractivity contribution in [2.45, 2.75) is 0 Å². The molecule has 0 bridgehead atoms. The first-order valence-corrected chi connectivity index (χ1v) is 7.72. The van der Waals surface area contributed by atoms with E-state index in [-0.39, 0.29) is 18.0 Å². The summed E-state index contributed by atoms with van der Waals surface area (Å²) in [5.74, 6) is -0.377. The van der Waals surface area contributed by atoms with E-state index in [4.69, 9.17) is 11.3 Å². The highest BCUT2D eigenvalue weighted by molar-refractivity contribution is 6.11. The second-order valence-electron chi connectivity index (χ2n) is 5.42. The fraction of sp³-hybridized carbons (Fsp3) is 0.0500. The lowest BCUT2D eigenvalue weighted by Gasteiger charge is -2.04. The Morgan fingerprint density at radius 2 is 1.92 bits per heavy atom. The number of carbonyl (C=O) groups is 1. The first-order valence-electron chi connectivity index (χ1n) is 7.72. The first kappa shape index (κ1) is 17.0. The lowest BCUT2D eigenvalue weighted by molar-refractivity contribution is 0.104. The molecule has 2 aromatic carbocycles. The summed E-state index contributed by atoms with van der Waals surface area (Å²) < 4.78 is 5.15. The van der Waals surface area contributed by atoms with E-state index in [0.29, 0.717) is 22.2 Å². The molecule has 0 aliphatic heterocycles. The average Bonchev–Trinajstić information content (AvgIpc) is 2.65. The summed E-state index contributed by atoms with van der Waals surface area (Å²) in [5.41, 5.74) is 0.242. The Hall–Kier alpha value is -3.85. The molecule has 3 rings (SSSR count). The van der Waals surface area contributed by atoms with E-state index in [1.54, 1.807) is 48.5 Å². The molecule has 0 atom stereocenters. The zero-order chi connectivity index (χ0) is 18.5. The van der Waals surface area contributed by atoms with Gasteiger partial charge in [-0.1, -0.05) is 30.3 Å². The SMILES string of the molecule is [C-]#[N+]COc1ccc(C=CC(=O)c2c(O)c3ccccc3[nH]c2=O)cc1. The number of rotatable bonds is 5. The van der Waals surface area contributed by atoms with Crippen LogP contribution in [-0.4, -0.2) is 22.6 Å². The van der Waals surface area contributed by atoms with Gasteiger partial charge in [0, 0.05) is 5.39 Å². The van der Waals surface area contributed by atoms with Crippen LogP contribution in [0.25, 0.3) is 21.8 Å². The van der Waals surface area contributed by atoms with Crippen LogP contribution in [0, 0.1) is 6.57 Å². The number of benzene rings is 2. The number of ketones is 1. The van der Waals surface area contributed by atoms with Gasteiger partial charge in [0.05, 0.1) is 5.52 Å². The molecule has 0 spiro atoms. The third kappa shape index (κ3) is 3.47. The normalized spacial score (nSPS) is 10.7. The lowest BCUT2D eigenvalue weighted by Crippen LogP contribution is -2.16. The van der Waals surface area contributed by atoms with Gasteiger partial charge in [-0.05, 0) is 35.9 Å². The molecule has 0 fully saturated rings. The number of ether oxygens (including phenoxy) is 1. The summed E-state index contributed by atoms with van der Waals surface area (Å²) in [4.78, 5) is 30.2. The molecule has 0 amide bonds. The van der Waals surface area contributed by atoms with E-state index in [0.717, 1.165) is 0 Å². The van der Waals surface area contributed by atoms with Crippen molar-refractivity contribution in [2.24, 2.45) is 0 Å². The van der Waals surface area contributed by atoms with Crippen molar-refractivity contribution in [3.05, 3.63) is 87.5 Å². The second-order valence-corrected chi connectivity index (χ2v) is 5.42. The maximum atomic E-state index is 12.4. The number of aromatic hydroxyl groups is 1. The monoisotopic (exact) mass is 346 g/mol. The van der Waals surface area contributed by atoms with Gasteiger partial charge in [-0.3, -0.25) is 14.4 Å². The Bertz CT molecular complexity index is 1090. The number of para-hydroxylation sites is 1.